The van der Waals surface area contributed by atoms with Gasteiger partial charge >= 0.3 is 30.0 Å². The molecule has 0 aromatic heterocycles. The molecule has 0 spiro atoms. The lowest BCUT2D eigenvalue weighted by Crippen LogP contribution is -2.81. The van der Waals surface area contributed by atoms with Gasteiger partial charge in [0, 0.05) is 25.2 Å². The minimum Gasteiger partial charge on any atom is -0.455 e. The minimum absolute atomic E-state index is 0.00279. The van der Waals surface area contributed by atoms with Crippen molar-refractivity contribution in [2.75, 3.05) is 6.61 Å². The predicted octanol–water partition coefficient (Wildman–Crippen LogP) is -0.589. The molecule has 23 heteroatoms. The smallest absolute Gasteiger partial charge is 0.408 e. The maximum Gasteiger partial charge on any atom is 0.408 e. The average Bonchev–Trinajstić information content (AvgIpc) is 4.11. The number of hydrogen-bond donors (Lipinski definition) is 8. The third-order valence-corrected chi connectivity index (χ3v) is 14.6. The van der Waals surface area contributed by atoms with Gasteiger partial charge in [-0.25, -0.2) is 19.2 Å². The zero-order valence-corrected chi connectivity index (χ0v) is 40.9. The van der Waals surface area contributed by atoms with Crippen LogP contribution in [0.2, 0.25) is 0 Å². The quantitative estimate of drug-likeness (QED) is 0.0583. The molecule has 1 unspecified atom stereocenters. The summed E-state index contributed by atoms with van der Waals surface area (Å²) in [6.07, 6.45) is -13.4. The normalized spacial score (nSPS) is 31.4. The maximum absolute atomic E-state index is 15.2. The molecule has 1 aromatic rings. The van der Waals surface area contributed by atoms with Crippen LogP contribution in [0, 0.1) is 22.7 Å². The van der Waals surface area contributed by atoms with Gasteiger partial charge in [0.1, 0.15) is 41.7 Å². The van der Waals surface area contributed by atoms with Crippen LogP contribution in [0.5, 0.6) is 0 Å². The predicted molar refractivity (Wildman–Crippen MR) is 242 cm³/mol. The van der Waals surface area contributed by atoms with E-state index in [4.69, 9.17) is 45.6 Å². The molecule has 4 amide bonds. The van der Waals surface area contributed by atoms with E-state index >= 15 is 4.79 Å². The number of primary amides is 2. The fourth-order valence-electron chi connectivity index (χ4n) is 10.8. The lowest BCUT2D eigenvalue weighted by atomic mass is 9.44. The highest BCUT2D eigenvalue weighted by Gasteiger charge is 2.78. The number of hydrogen-bond acceptors (Lipinski definition) is 19. The number of ether oxygens (including phenoxy) is 6. The molecule has 3 saturated carbocycles. The number of alkyl carbamates (subject to hydrolysis) is 1. The number of ketones is 1. The molecule has 1 saturated heterocycles. The van der Waals surface area contributed by atoms with Crippen molar-refractivity contribution in [2.45, 2.75) is 165 Å². The fraction of sp³-hybridized carbons (Fsp3) is 0.646. The Morgan fingerprint density at radius 1 is 0.915 bits per heavy atom. The number of carbonyl (C=O) groups is 9. The lowest BCUT2D eigenvalue weighted by molar-refractivity contribution is -0.346. The number of rotatable bonds is 16. The number of fused-ring (bicyclic) bond motifs is 5. The summed E-state index contributed by atoms with van der Waals surface area (Å²) in [6, 6.07) is 2.68. The summed E-state index contributed by atoms with van der Waals surface area (Å²) in [7, 11) is 0. The monoisotopic (exact) mass is 999 g/mol. The molecule has 0 radical (unpaired) electrons. The zero-order chi connectivity index (χ0) is 52.9. The van der Waals surface area contributed by atoms with E-state index in [0.717, 1.165) is 6.92 Å². The van der Waals surface area contributed by atoms with Crippen LogP contribution in [0.1, 0.15) is 104 Å². The molecule has 6 rings (SSSR count). The number of carbonyl (C=O) groups excluding carboxylic acids is 9. The lowest BCUT2D eigenvalue weighted by Gasteiger charge is -2.67. The number of nitrogens with one attached hydrogen (secondary N) is 2. The first-order valence-corrected chi connectivity index (χ1v) is 23.3. The van der Waals surface area contributed by atoms with Crippen molar-refractivity contribution < 1.29 is 86.9 Å². The van der Waals surface area contributed by atoms with Gasteiger partial charge in [-0.2, -0.15) is 0 Å². The van der Waals surface area contributed by atoms with Gasteiger partial charge in [-0.3, -0.25) is 24.0 Å². The summed E-state index contributed by atoms with van der Waals surface area (Å²) in [4.78, 5) is 122. The molecule has 5 aliphatic rings. The van der Waals surface area contributed by atoms with Gasteiger partial charge in [-0.05, 0) is 76.7 Å². The first kappa shape index (κ1) is 54.3. The van der Waals surface area contributed by atoms with Gasteiger partial charge in [-0.15, -0.1) is 0 Å². The van der Waals surface area contributed by atoms with Crippen molar-refractivity contribution >= 4 is 53.5 Å². The molecule has 4 aliphatic carbocycles. The number of esters is 4. The Kier molecular flexibility index (Phi) is 15.2. The minimum atomic E-state index is -2.52. The fourth-order valence-corrected chi connectivity index (χ4v) is 10.8. The Hall–Kier alpha value is -6.01. The van der Waals surface area contributed by atoms with Crippen LogP contribution in [0.15, 0.2) is 41.5 Å². The molecule has 4 fully saturated rings. The highest BCUT2D eigenvalue weighted by Crippen LogP contribution is 2.64. The van der Waals surface area contributed by atoms with Gasteiger partial charge in [0.2, 0.25) is 23.8 Å². The van der Waals surface area contributed by atoms with E-state index in [2.05, 4.69) is 10.6 Å². The summed E-state index contributed by atoms with van der Waals surface area (Å²) in [6.45, 7) is 11.1. The third kappa shape index (κ3) is 10.5. The second-order valence-corrected chi connectivity index (χ2v) is 21.0. The van der Waals surface area contributed by atoms with E-state index < -0.39 is 167 Å². The third-order valence-electron chi connectivity index (χ3n) is 14.6. The molecule has 71 heavy (non-hydrogen) atoms. The summed E-state index contributed by atoms with van der Waals surface area (Å²) in [5, 5.41) is 42.8. The molecule has 11 N–H and O–H groups in total. The van der Waals surface area contributed by atoms with Crippen molar-refractivity contribution in [3.05, 3.63) is 47.0 Å². The molecule has 13 atom stereocenters. The van der Waals surface area contributed by atoms with Crippen LogP contribution < -0.4 is 27.8 Å². The van der Waals surface area contributed by atoms with Crippen LogP contribution >= 0.6 is 0 Å². The molecule has 1 heterocycles. The Bertz CT molecular complexity index is 2370. The summed E-state index contributed by atoms with van der Waals surface area (Å²) < 4.78 is 35.6. The SMILES string of the molecule is CC(=O)O[C@@]12CO[C@@H]1C[C@H](O)[C@@]1(C)C(=O)[C@H](O)C3=C(C)[C@@H](OC(=O)C(OC(=O)[C@H](CC(N)=O)NC(=O)[C@@H](N)CC(N)=O)[C@@H](NC(=O)OC(C)(C)C)C4CC4)C[C@@](O)([C@@H](OC(=O)c4ccccc4)[C@H]21)C3(C)C. The van der Waals surface area contributed by atoms with Crippen LogP contribution in [0.4, 0.5) is 4.79 Å². The Morgan fingerprint density at radius 2 is 1.54 bits per heavy atom. The van der Waals surface area contributed by atoms with Crippen molar-refractivity contribution in [3.63, 3.8) is 0 Å². The van der Waals surface area contributed by atoms with Crippen LogP contribution in [-0.2, 0) is 62.0 Å². The highest BCUT2D eigenvalue weighted by atomic mass is 16.6. The van der Waals surface area contributed by atoms with E-state index in [1.807, 2.05) is 0 Å². The molecular formula is C48H65N5O18. The van der Waals surface area contributed by atoms with Crippen LogP contribution in [0.3, 0.4) is 0 Å². The van der Waals surface area contributed by atoms with E-state index in [-0.39, 0.29) is 29.7 Å². The van der Waals surface area contributed by atoms with E-state index in [1.54, 1.807) is 39.0 Å². The first-order valence-electron chi connectivity index (χ1n) is 23.3. The van der Waals surface area contributed by atoms with Gasteiger partial charge < -0.3 is 71.6 Å². The number of benzene rings is 1. The van der Waals surface area contributed by atoms with Crippen LogP contribution in [-0.4, -0.2) is 147 Å². The second kappa shape index (κ2) is 19.9. The molecule has 1 aromatic carbocycles. The summed E-state index contributed by atoms with van der Waals surface area (Å²) in [5.41, 5.74) is 6.90. The maximum atomic E-state index is 15.2. The Labute approximate surface area is 409 Å². The molecular weight excluding hydrogens is 935 g/mol. The van der Waals surface area contributed by atoms with E-state index in [9.17, 15) is 53.7 Å². The first-order chi connectivity index (χ1) is 32.9. The number of amides is 4. The molecule has 23 nitrogen and oxygen atoms in total. The van der Waals surface area contributed by atoms with Gasteiger partial charge in [0.25, 0.3) is 0 Å². The van der Waals surface area contributed by atoms with Crippen molar-refractivity contribution in [2.24, 2.45) is 39.9 Å². The zero-order valence-electron chi connectivity index (χ0n) is 40.9. The average molecular weight is 1000 g/mol. The molecule has 1 aliphatic heterocycles. The largest absolute Gasteiger partial charge is 0.455 e. The standard InChI is InChI=1S/C48H65N5O18/c1-21-27(67-42(63)35(33(23-14-15-23)53-43(64)71-44(3,4)5)68-41(62)26(17-31(51)57)52-39(60)25(49)16-30(50)56)19-48(65)38(69-40(61)24-12-10-9-11-13-24)36-46(8,37(59)34(58)32(21)45(48,6)7)28(55)18-29-47(36,20-66-29)70-22(2)54/h9-13,23,25-29,33-36,38,55,58,65H,14-20,49H2,1-8H3,(H2,50,56)(H2,51,57)(H,52,60)(H,53,64)/t25-,26-,27-,28-,29+,33-,34+,35?,36-,38-,46+,47-,48+/m0/s1. The molecule has 2 bridgehead atoms. The van der Waals surface area contributed by atoms with Crippen molar-refractivity contribution in [1.29, 1.82) is 0 Å². The van der Waals surface area contributed by atoms with Gasteiger partial charge in [-0.1, -0.05) is 32.0 Å². The number of nitrogens with two attached hydrogens (primary N) is 3. The van der Waals surface area contributed by atoms with E-state index in [1.165, 1.54) is 39.8 Å². The summed E-state index contributed by atoms with van der Waals surface area (Å²) >= 11 is 0. The topological polar surface area (TPSA) is 372 Å². The number of Topliss-reactive ketones (excluding diaryl/α,β-unsaturated/α-hetero) is 1. The Balaban J connectivity index is 1.49. The highest BCUT2D eigenvalue weighted by molar-refractivity contribution is 5.95. The molecule has 390 valence electrons. The number of aliphatic hydroxyl groups is 3. The Morgan fingerprint density at radius 3 is 2.07 bits per heavy atom. The van der Waals surface area contributed by atoms with Crippen molar-refractivity contribution in [3.8, 4) is 0 Å². The summed E-state index contributed by atoms with van der Waals surface area (Å²) in [5.74, 6) is -11.1. The van der Waals surface area contributed by atoms with Crippen LogP contribution in [0.25, 0.3) is 0 Å². The van der Waals surface area contributed by atoms with Crippen molar-refractivity contribution in [1.82, 2.24) is 10.6 Å². The van der Waals surface area contributed by atoms with E-state index in [0.29, 0.717) is 12.8 Å². The second-order valence-electron chi connectivity index (χ2n) is 21.0. The van der Waals surface area contributed by atoms with Gasteiger partial charge in [0.05, 0.1) is 54.5 Å². The van der Waals surface area contributed by atoms with Gasteiger partial charge in [0.15, 0.2) is 11.4 Å². The number of aliphatic hydroxyl groups excluding tert-OH is 2.